The topological polar surface area (TPSA) is 157 Å². The molecule has 0 aromatic heterocycles. The summed E-state index contributed by atoms with van der Waals surface area (Å²) in [6.07, 6.45) is 8.09. The molecule has 10 nitrogen and oxygen atoms in total. The molecule has 0 fully saturated rings. The van der Waals surface area contributed by atoms with Crippen molar-refractivity contribution in [2.75, 3.05) is 13.7 Å². The summed E-state index contributed by atoms with van der Waals surface area (Å²) in [5.74, 6) is -1.40. The van der Waals surface area contributed by atoms with E-state index in [4.69, 9.17) is 15.2 Å². The fraction of sp³-hybridized carbons (Fsp3) is 0.467. The van der Waals surface area contributed by atoms with Gasteiger partial charge in [0.25, 0.3) is 5.91 Å². The third kappa shape index (κ3) is 10.4. The summed E-state index contributed by atoms with van der Waals surface area (Å²) in [5.41, 5.74) is 6.55. The zero-order chi connectivity index (χ0) is 30.2. The van der Waals surface area contributed by atoms with Crippen LogP contribution in [0.5, 0.6) is 0 Å². The van der Waals surface area contributed by atoms with Crippen LogP contribution in [-0.4, -0.2) is 60.6 Å². The van der Waals surface area contributed by atoms with Gasteiger partial charge in [-0.1, -0.05) is 50.6 Å². The van der Waals surface area contributed by atoms with E-state index in [1.807, 2.05) is 13.8 Å². The molecule has 220 valence electrons. The van der Waals surface area contributed by atoms with Crippen molar-refractivity contribution in [3.05, 3.63) is 71.1 Å². The summed E-state index contributed by atoms with van der Waals surface area (Å²) in [6, 6.07) is 0. The average Bonchev–Trinajstić information content (AvgIpc) is 2.93. The van der Waals surface area contributed by atoms with Crippen LogP contribution in [0.4, 0.5) is 4.79 Å². The standard InChI is InChI=1S/C28H37N3O7.C2H6/c1-5-15-30-24-20-11-7-6-10-19(32)14-13-17(2)26(38-28(29)36)23(37-4)12-8-9-18(3)27(35)31-21(25(20)34)16-22(24)33;1-2/h5,8-9,12-13,16,19,23,26,30,32H,1,6-7,10-11,14-15H2,2-4H3,(H2,29,36)(H,31,35);1-2H3/b12-8-,17-13+,18-9+;/t19-,23-,26-;/m0./s1. The molecule has 2 aliphatic rings. The van der Waals surface area contributed by atoms with Crippen LogP contribution in [0.25, 0.3) is 0 Å². The molecule has 0 aromatic carbocycles. The van der Waals surface area contributed by atoms with Gasteiger partial charge in [0.1, 0.15) is 6.10 Å². The molecule has 10 heteroatoms. The van der Waals surface area contributed by atoms with E-state index in [0.717, 1.165) is 6.08 Å². The number of Topliss-reactive ketones (excluding diaryl/α,β-unsaturated/α-hetero) is 1. The van der Waals surface area contributed by atoms with Gasteiger partial charge in [0.05, 0.1) is 17.5 Å². The number of fused-ring (bicyclic) bond motifs is 2. The Kier molecular flexibility index (Phi) is 15.2. The lowest BCUT2D eigenvalue weighted by molar-refractivity contribution is -0.120. The maximum absolute atomic E-state index is 13.2. The molecule has 2 rings (SSSR count). The third-order valence-corrected chi connectivity index (χ3v) is 6.21. The van der Waals surface area contributed by atoms with Crippen molar-refractivity contribution in [2.24, 2.45) is 5.73 Å². The van der Waals surface area contributed by atoms with E-state index >= 15 is 0 Å². The first-order valence-corrected chi connectivity index (χ1v) is 13.5. The van der Waals surface area contributed by atoms with Gasteiger partial charge in [0, 0.05) is 30.9 Å². The van der Waals surface area contributed by atoms with Crippen molar-refractivity contribution in [2.45, 2.75) is 78.1 Å². The third-order valence-electron chi connectivity index (χ3n) is 6.21. The average molecular weight is 558 g/mol. The van der Waals surface area contributed by atoms with Gasteiger partial charge in [-0.15, -0.1) is 6.58 Å². The minimum atomic E-state index is -0.974. The van der Waals surface area contributed by atoms with Crippen LogP contribution in [0.15, 0.2) is 71.1 Å². The minimum Gasteiger partial charge on any atom is -0.439 e. The number of allylic oxidation sites excluding steroid dienone is 4. The van der Waals surface area contributed by atoms with Crippen molar-refractivity contribution >= 4 is 23.6 Å². The first-order chi connectivity index (χ1) is 19.1. The summed E-state index contributed by atoms with van der Waals surface area (Å²) in [7, 11) is 1.44. The number of carbonyl (C=O) groups is 4. The second-order valence-corrected chi connectivity index (χ2v) is 9.10. The number of nitrogens with one attached hydrogen (secondary N) is 2. The Morgan fingerprint density at radius 3 is 2.58 bits per heavy atom. The van der Waals surface area contributed by atoms with E-state index in [1.54, 1.807) is 38.2 Å². The Labute approximate surface area is 236 Å². The summed E-state index contributed by atoms with van der Waals surface area (Å²) in [6.45, 7) is 11.2. The number of primary amides is 1. The first kappa shape index (κ1) is 34.3. The van der Waals surface area contributed by atoms with Crippen LogP contribution in [0.1, 0.15) is 59.8 Å². The lowest BCUT2D eigenvalue weighted by Crippen LogP contribution is -2.35. The van der Waals surface area contributed by atoms with Crippen LogP contribution in [0, 0.1) is 0 Å². The molecule has 0 aromatic rings. The molecule has 40 heavy (non-hydrogen) atoms. The molecule has 0 spiro atoms. The molecule has 3 atom stereocenters. The molecule has 0 radical (unpaired) electrons. The van der Waals surface area contributed by atoms with Crippen LogP contribution in [0.3, 0.4) is 0 Å². The van der Waals surface area contributed by atoms with Crippen molar-refractivity contribution in [1.29, 1.82) is 0 Å². The number of ketones is 2. The van der Waals surface area contributed by atoms with Gasteiger partial charge in [-0.2, -0.15) is 0 Å². The monoisotopic (exact) mass is 557 g/mol. The SMILES string of the molecule is C=CCNC1=C2CCCC[C@H](O)C/C=C(\C)[C@H](OC(N)=O)[C@@H](OC)/C=C\C=C(/C)C(=O)NC(=CC1=O)C2=O.CC. The molecular formula is C30H43N3O7. The Hall–Kier alpha value is -3.76. The first-order valence-electron chi connectivity index (χ1n) is 13.5. The number of nitrogens with two attached hydrogens (primary N) is 1. The van der Waals surface area contributed by atoms with Crippen LogP contribution in [-0.2, 0) is 23.9 Å². The molecule has 2 amide bonds. The van der Waals surface area contributed by atoms with Crippen LogP contribution >= 0.6 is 0 Å². The van der Waals surface area contributed by atoms with Gasteiger partial charge >= 0.3 is 6.09 Å². The van der Waals surface area contributed by atoms with Crippen molar-refractivity contribution < 1.29 is 33.8 Å². The molecule has 0 unspecified atom stereocenters. The number of methoxy groups -OCH3 is 1. The van der Waals surface area contributed by atoms with Gasteiger partial charge in [0.2, 0.25) is 11.6 Å². The molecule has 0 saturated heterocycles. The lowest BCUT2D eigenvalue weighted by Gasteiger charge is -2.24. The van der Waals surface area contributed by atoms with E-state index in [-0.39, 0.29) is 22.5 Å². The van der Waals surface area contributed by atoms with Gasteiger partial charge in [-0.3, -0.25) is 14.4 Å². The van der Waals surface area contributed by atoms with Crippen molar-refractivity contribution in [3.63, 3.8) is 0 Å². The highest BCUT2D eigenvalue weighted by Crippen LogP contribution is 2.23. The second kappa shape index (κ2) is 17.8. The van der Waals surface area contributed by atoms with Gasteiger partial charge < -0.3 is 30.9 Å². The van der Waals surface area contributed by atoms with E-state index in [1.165, 1.54) is 13.2 Å². The second-order valence-electron chi connectivity index (χ2n) is 9.10. The van der Waals surface area contributed by atoms with Crippen molar-refractivity contribution in [3.8, 4) is 0 Å². The number of rotatable bonds is 5. The zero-order valence-electron chi connectivity index (χ0n) is 24.1. The van der Waals surface area contributed by atoms with E-state index in [9.17, 15) is 24.3 Å². The molecule has 1 heterocycles. The van der Waals surface area contributed by atoms with Crippen molar-refractivity contribution in [1.82, 2.24) is 10.6 Å². The summed E-state index contributed by atoms with van der Waals surface area (Å²) >= 11 is 0. The normalized spacial score (nSPS) is 26.5. The molecular weight excluding hydrogens is 514 g/mol. The number of carbonyl (C=O) groups excluding carboxylic acids is 4. The molecule has 2 bridgehead atoms. The number of ether oxygens (including phenoxy) is 2. The highest BCUT2D eigenvalue weighted by Gasteiger charge is 2.29. The Morgan fingerprint density at radius 2 is 1.95 bits per heavy atom. The molecule has 1 aliphatic heterocycles. The fourth-order valence-electron chi connectivity index (χ4n) is 4.08. The van der Waals surface area contributed by atoms with Gasteiger partial charge in [-0.25, -0.2) is 4.79 Å². The fourth-order valence-corrected chi connectivity index (χ4v) is 4.08. The maximum atomic E-state index is 13.2. The van der Waals surface area contributed by atoms with E-state index < -0.39 is 41.9 Å². The number of hydrogen-bond acceptors (Lipinski definition) is 8. The molecule has 1 aliphatic carbocycles. The zero-order valence-corrected chi connectivity index (χ0v) is 24.1. The summed E-state index contributed by atoms with van der Waals surface area (Å²) in [4.78, 5) is 50.3. The largest absolute Gasteiger partial charge is 0.439 e. The predicted octanol–water partition coefficient (Wildman–Crippen LogP) is 3.45. The quantitative estimate of drug-likeness (QED) is 0.296. The molecule has 0 saturated carbocycles. The Balaban J connectivity index is 0.00000391. The highest BCUT2D eigenvalue weighted by atomic mass is 16.6. The predicted molar refractivity (Wildman–Crippen MR) is 154 cm³/mol. The number of aliphatic hydroxyl groups excluding tert-OH is 1. The number of hydrogen-bond donors (Lipinski definition) is 4. The lowest BCUT2D eigenvalue weighted by atomic mass is 9.92. The van der Waals surface area contributed by atoms with Crippen LogP contribution < -0.4 is 16.4 Å². The van der Waals surface area contributed by atoms with Gasteiger partial charge in [0.15, 0.2) is 6.10 Å². The minimum absolute atomic E-state index is 0.0988. The highest BCUT2D eigenvalue weighted by molar-refractivity contribution is 6.23. The number of aliphatic hydroxyl groups is 1. The Morgan fingerprint density at radius 1 is 1.25 bits per heavy atom. The smallest absolute Gasteiger partial charge is 0.405 e. The molecule has 5 N–H and O–H groups in total. The van der Waals surface area contributed by atoms with Crippen LogP contribution in [0.2, 0.25) is 0 Å². The summed E-state index contributed by atoms with van der Waals surface area (Å²) in [5, 5.41) is 16.0. The van der Waals surface area contributed by atoms with E-state index in [0.29, 0.717) is 44.2 Å². The van der Waals surface area contributed by atoms with E-state index in [2.05, 4.69) is 17.2 Å². The number of amides is 2. The maximum Gasteiger partial charge on any atom is 0.405 e. The summed E-state index contributed by atoms with van der Waals surface area (Å²) < 4.78 is 10.8. The Bertz CT molecular complexity index is 1100. The van der Waals surface area contributed by atoms with Gasteiger partial charge in [-0.05, 0) is 45.1 Å².